The van der Waals surface area contributed by atoms with Crippen molar-refractivity contribution in [2.24, 2.45) is 0 Å². The summed E-state index contributed by atoms with van der Waals surface area (Å²) in [6, 6.07) is 9.07. The molecule has 1 aliphatic carbocycles. The highest BCUT2D eigenvalue weighted by atomic mass is 32.2. The normalized spacial score (nSPS) is 20.8. The van der Waals surface area contributed by atoms with Crippen molar-refractivity contribution in [3.05, 3.63) is 46.5 Å². The molecule has 2 heterocycles. The lowest BCUT2D eigenvalue weighted by molar-refractivity contribution is -0.121. The minimum absolute atomic E-state index is 0.0924. The number of carbonyl (C=O) groups is 1. The first-order valence-corrected chi connectivity index (χ1v) is 12.9. The Balaban J connectivity index is 1.55. The number of aromatic nitrogens is 1. The van der Waals surface area contributed by atoms with Crippen LogP contribution in [-0.2, 0) is 27.5 Å². The zero-order valence-electron chi connectivity index (χ0n) is 16.5. The highest BCUT2D eigenvalue weighted by molar-refractivity contribution is 7.91. The zero-order chi connectivity index (χ0) is 20.3. The Kier molecular flexibility index (Phi) is 6.32. The van der Waals surface area contributed by atoms with Gasteiger partial charge in [-0.2, -0.15) is 0 Å². The second-order valence-electron chi connectivity index (χ2n) is 7.79. The highest BCUT2D eigenvalue weighted by Gasteiger charge is 2.33. The van der Waals surface area contributed by atoms with E-state index in [1.165, 1.54) is 24.1 Å². The molecule has 1 saturated heterocycles. The molecule has 1 aliphatic heterocycles. The van der Waals surface area contributed by atoms with Gasteiger partial charge in [-0.1, -0.05) is 43.2 Å². The van der Waals surface area contributed by atoms with Crippen LogP contribution >= 0.6 is 11.3 Å². The van der Waals surface area contributed by atoms with Gasteiger partial charge in [-0.3, -0.25) is 9.69 Å². The Labute approximate surface area is 176 Å². The molecule has 0 radical (unpaired) electrons. The molecule has 2 aromatic rings. The van der Waals surface area contributed by atoms with Gasteiger partial charge >= 0.3 is 0 Å². The molecule has 0 saturated carbocycles. The summed E-state index contributed by atoms with van der Waals surface area (Å²) in [4.78, 5) is 21.3. The third-order valence-electron chi connectivity index (χ3n) is 5.68. The van der Waals surface area contributed by atoms with Crippen LogP contribution in [0.1, 0.15) is 47.9 Å². The fourth-order valence-corrected chi connectivity index (χ4v) is 6.36. The summed E-state index contributed by atoms with van der Waals surface area (Å²) < 4.78 is 23.7. The van der Waals surface area contributed by atoms with Crippen LogP contribution in [0.3, 0.4) is 0 Å². The second-order valence-corrected chi connectivity index (χ2v) is 11.2. The smallest absolute Gasteiger partial charge is 0.248 e. The van der Waals surface area contributed by atoms with Crippen molar-refractivity contribution >= 4 is 32.2 Å². The van der Waals surface area contributed by atoms with Crippen LogP contribution in [0.4, 0.5) is 5.13 Å². The van der Waals surface area contributed by atoms with Crippen LogP contribution in [0.15, 0.2) is 30.3 Å². The lowest BCUT2D eigenvalue weighted by Crippen LogP contribution is -2.46. The largest absolute Gasteiger partial charge is 0.300 e. The maximum atomic E-state index is 13.3. The molecule has 1 unspecified atom stereocenters. The predicted octanol–water partition coefficient (Wildman–Crippen LogP) is 3.21. The number of amides is 1. The van der Waals surface area contributed by atoms with E-state index in [2.05, 4.69) is 5.32 Å². The molecular weight excluding hydrogens is 406 g/mol. The molecule has 1 amide bonds. The number of nitrogens with one attached hydrogen (secondary N) is 1. The monoisotopic (exact) mass is 433 g/mol. The number of hydrogen-bond acceptors (Lipinski definition) is 6. The van der Waals surface area contributed by atoms with Gasteiger partial charge in [-0.25, -0.2) is 13.4 Å². The Morgan fingerprint density at radius 1 is 1.03 bits per heavy atom. The molecule has 6 nitrogen and oxygen atoms in total. The molecule has 4 rings (SSSR count). The van der Waals surface area contributed by atoms with Crippen molar-refractivity contribution in [2.75, 3.05) is 29.9 Å². The van der Waals surface area contributed by atoms with Gasteiger partial charge in [0.05, 0.1) is 17.2 Å². The Bertz CT molecular complexity index is 917. The number of benzene rings is 1. The van der Waals surface area contributed by atoms with E-state index in [0.717, 1.165) is 30.5 Å². The third-order valence-corrected chi connectivity index (χ3v) is 8.37. The van der Waals surface area contributed by atoms with Crippen molar-refractivity contribution in [3.63, 3.8) is 0 Å². The molecule has 1 fully saturated rings. The maximum Gasteiger partial charge on any atom is 0.248 e. The van der Waals surface area contributed by atoms with Crippen molar-refractivity contribution in [3.8, 4) is 0 Å². The van der Waals surface area contributed by atoms with Crippen molar-refractivity contribution < 1.29 is 13.2 Å². The summed E-state index contributed by atoms with van der Waals surface area (Å²) >= 11 is 1.59. The number of nitrogens with zero attached hydrogens (tertiary/aromatic N) is 2. The number of rotatable bonds is 4. The van der Waals surface area contributed by atoms with Gasteiger partial charge in [0.1, 0.15) is 6.04 Å². The Hall–Kier alpha value is -1.77. The summed E-state index contributed by atoms with van der Waals surface area (Å²) in [5.74, 6) is 0.0434. The van der Waals surface area contributed by atoms with Gasteiger partial charge in [0.2, 0.25) is 5.91 Å². The minimum atomic E-state index is -3.01. The van der Waals surface area contributed by atoms with E-state index < -0.39 is 15.9 Å². The van der Waals surface area contributed by atoms with E-state index >= 15 is 0 Å². The van der Waals surface area contributed by atoms with E-state index in [0.29, 0.717) is 18.2 Å². The van der Waals surface area contributed by atoms with Crippen LogP contribution < -0.4 is 5.32 Å². The number of anilines is 1. The van der Waals surface area contributed by atoms with Crippen molar-refractivity contribution in [1.29, 1.82) is 0 Å². The van der Waals surface area contributed by atoms with Gasteiger partial charge < -0.3 is 5.32 Å². The summed E-state index contributed by atoms with van der Waals surface area (Å²) in [6.07, 6.45) is 6.85. The van der Waals surface area contributed by atoms with Gasteiger partial charge in [0.15, 0.2) is 15.0 Å². The van der Waals surface area contributed by atoms with Gasteiger partial charge in [0.25, 0.3) is 0 Å². The van der Waals surface area contributed by atoms with E-state index in [1.54, 1.807) is 11.3 Å². The molecule has 1 N–H and O–H groups in total. The average Bonchev–Trinajstić information content (AvgIpc) is 3.04. The topological polar surface area (TPSA) is 79.4 Å². The number of carbonyl (C=O) groups excluding carboxylic acids is 1. The van der Waals surface area contributed by atoms with E-state index in [1.807, 2.05) is 35.2 Å². The predicted molar refractivity (Wildman–Crippen MR) is 116 cm³/mol. The fraction of sp³-hybridized carbons (Fsp3) is 0.524. The van der Waals surface area contributed by atoms with Gasteiger partial charge in [-0.05, 0) is 31.2 Å². The van der Waals surface area contributed by atoms with E-state index in [-0.39, 0.29) is 17.4 Å². The molecule has 1 aromatic heterocycles. The second kappa shape index (κ2) is 8.93. The fourth-order valence-electron chi connectivity index (χ4n) is 4.08. The number of sulfone groups is 1. The molecular formula is C21H27N3O3S2. The first kappa shape index (κ1) is 20.5. The molecule has 156 valence electrons. The number of thiazole rings is 1. The highest BCUT2D eigenvalue weighted by Crippen LogP contribution is 2.30. The molecule has 0 bridgehead atoms. The summed E-state index contributed by atoms with van der Waals surface area (Å²) in [5, 5.41) is 3.69. The Morgan fingerprint density at radius 3 is 2.45 bits per heavy atom. The van der Waals surface area contributed by atoms with E-state index in [9.17, 15) is 13.2 Å². The lowest BCUT2D eigenvalue weighted by atomic mass is 10.0. The summed E-state index contributed by atoms with van der Waals surface area (Å²) in [7, 11) is -3.01. The quantitative estimate of drug-likeness (QED) is 0.801. The zero-order valence-corrected chi connectivity index (χ0v) is 18.1. The van der Waals surface area contributed by atoms with Crippen LogP contribution in [0.25, 0.3) is 0 Å². The third kappa shape index (κ3) is 5.05. The molecule has 1 atom stereocenters. The SMILES string of the molecule is O=C(Nc1nc2c(s1)CCCCCC2)C(c1ccccc1)N1CCS(=O)(=O)CC1. The van der Waals surface area contributed by atoms with Crippen LogP contribution in [0, 0.1) is 0 Å². The average molecular weight is 434 g/mol. The molecule has 29 heavy (non-hydrogen) atoms. The van der Waals surface area contributed by atoms with Crippen LogP contribution in [-0.4, -0.2) is 48.8 Å². The van der Waals surface area contributed by atoms with Crippen LogP contribution in [0.2, 0.25) is 0 Å². The van der Waals surface area contributed by atoms with E-state index in [4.69, 9.17) is 4.98 Å². The number of aryl methyl sites for hydroxylation is 2. The summed E-state index contributed by atoms with van der Waals surface area (Å²) in [5.41, 5.74) is 2.00. The standard InChI is InChI=1S/C21H27N3O3S2/c25-20(23-21-22-17-10-6-1-2-7-11-18(17)28-21)19(16-8-4-3-5-9-16)24-12-14-29(26,27)15-13-24/h3-5,8-9,19H,1-2,6-7,10-15H2,(H,22,23,25). The first-order chi connectivity index (χ1) is 14.0. The lowest BCUT2D eigenvalue weighted by Gasteiger charge is -2.33. The van der Waals surface area contributed by atoms with Crippen molar-refractivity contribution in [1.82, 2.24) is 9.88 Å². The minimum Gasteiger partial charge on any atom is -0.300 e. The first-order valence-electron chi connectivity index (χ1n) is 10.3. The molecule has 1 aromatic carbocycles. The Morgan fingerprint density at radius 2 is 1.72 bits per heavy atom. The number of hydrogen-bond donors (Lipinski definition) is 1. The van der Waals surface area contributed by atoms with Gasteiger partial charge in [-0.15, -0.1) is 11.3 Å². The molecule has 8 heteroatoms. The van der Waals surface area contributed by atoms with Crippen molar-refractivity contribution in [2.45, 2.75) is 44.6 Å². The molecule has 0 spiro atoms. The van der Waals surface area contributed by atoms with Crippen LogP contribution in [0.5, 0.6) is 0 Å². The maximum absolute atomic E-state index is 13.3. The van der Waals surface area contributed by atoms with Gasteiger partial charge in [0, 0.05) is 18.0 Å². The number of fused-ring (bicyclic) bond motifs is 1. The summed E-state index contributed by atoms with van der Waals surface area (Å²) in [6.45, 7) is 0.730. The molecule has 2 aliphatic rings.